The maximum absolute atomic E-state index is 8.68. The predicted molar refractivity (Wildman–Crippen MR) is 76.1 cm³/mol. The number of aliphatic hydroxyl groups is 1. The van der Waals surface area contributed by atoms with E-state index < -0.39 is 0 Å². The fraction of sp³-hybridized carbons (Fsp3) is 0.429. The minimum absolute atomic E-state index is 0.267. The van der Waals surface area contributed by atoms with Gasteiger partial charge in [-0.3, -0.25) is 0 Å². The molecule has 1 N–H and O–H groups in total. The first-order valence-electron chi connectivity index (χ1n) is 6.44. The fourth-order valence-electron chi connectivity index (χ4n) is 1.63. The van der Waals surface area contributed by atoms with E-state index in [1.54, 1.807) is 11.8 Å². The second-order valence-corrected chi connectivity index (χ2v) is 5.42. The maximum Gasteiger partial charge on any atom is 0.276 e. The minimum Gasteiger partial charge on any atom is -0.411 e. The molecule has 2 aromatic rings. The van der Waals surface area contributed by atoms with Gasteiger partial charge in [0.1, 0.15) is 0 Å². The molecule has 0 aliphatic rings. The third kappa shape index (κ3) is 4.36. The van der Waals surface area contributed by atoms with Crippen molar-refractivity contribution in [1.29, 1.82) is 0 Å². The van der Waals surface area contributed by atoms with Gasteiger partial charge < -0.3 is 9.52 Å². The quantitative estimate of drug-likeness (QED) is 0.622. The first kappa shape index (κ1) is 14.1. The van der Waals surface area contributed by atoms with Crippen LogP contribution in [0.2, 0.25) is 0 Å². The third-order valence-corrected chi connectivity index (χ3v) is 3.64. The monoisotopic (exact) mass is 278 g/mol. The van der Waals surface area contributed by atoms with Crippen LogP contribution in [0.3, 0.4) is 0 Å². The highest BCUT2D eigenvalue weighted by atomic mass is 32.2. The first-order chi connectivity index (χ1) is 9.29. The van der Waals surface area contributed by atoms with Crippen LogP contribution in [-0.2, 0) is 0 Å². The SMILES string of the molecule is Cc1ccc(-c2nnc(SCCCCCO)o2)cc1. The molecule has 2 rings (SSSR count). The van der Waals surface area contributed by atoms with E-state index in [1.165, 1.54) is 5.56 Å². The number of thioether (sulfide) groups is 1. The second kappa shape index (κ2) is 7.31. The van der Waals surface area contributed by atoms with Crippen LogP contribution in [0.5, 0.6) is 0 Å². The maximum atomic E-state index is 8.68. The molecule has 0 saturated carbocycles. The summed E-state index contributed by atoms with van der Waals surface area (Å²) in [5.74, 6) is 1.51. The van der Waals surface area contributed by atoms with Crippen LogP contribution in [0.15, 0.2) is 33.9 Å². The third-order valence-electron chi connectivity index (χ3n) is 2.73. The van der Waals surface area contributed by atoms with Crippen molar-refractivity contribution in [3.63, 3.8) is 0 Å². The molecule has 1 heterocycles. The molecule has 0 fully saturated rings. The Morgan fingerprint density at radius 2 is 1.89 bits per heavy atom. The molecular weight excluding hydrogens is 260 g/mol. The first-order valence-corrected chi connectivity index (χ1v) is 7.42. The van der Waals surface area contributed by atoms with Gasteiger partial charge in [-0.05, 0) is 31.9 Å². The largest absolute Gasteiger partial charge is 0.411 e. The van der Waals surface area contributed by atoms with Crippen LogP contribution >= 0.6 is 11.8 Å². The van der Waals surface area contributed by atoms with Gasteiger partial charge in [0.05, 0.1) is 0 Å². The molecule has 1 aromatic heterocycles. The molecule has 102 valence electrons. The van der Waals surface area contributed by atoms with Gasteiger partial charge in [0.15, 0.2) is 0 Å². The number of aliphatic hydroxyl groups excluding tert-OH is 1. The van der Waals surface area contributed by atoms with Crippen molar-refractivity contribution in [2.24, 2.45) is 0 Å². The van der Waals surface area contributed by atoms with Crippen molar-refractivity contribution in [3.8, 4) is 11.5 Å². The Balaban J connectivity index is 1.86. The number of nitrogens with zero attached hydrogens (tertiary/aromatic N) is 2. The summed E-state index contributed by atoms with van der Waals surface area (Å²) in [6.45, 7) is 2.31. The summed E-state index contributed by atoms with van der Waals surface area (Å²) >= 11 is 1.57. The van der Waals surface area contributed by atoms with E-state index in [1.807, 2.05) is 31.2 Å². The molecule has 5 heteroatoms. The normalized spacial score (nSPS) is 10.8. The van der Waals surface area contributed by atoms with Crippen LogP contribution < -0.4 is 0 Å². The molecule has 0 aliphatic heterocycles. The van der Waals surface area contributed by atoms with Gasteiger partial charge in [0.25, 0.3) is 5.22 Å². The number of hydrogen-bond donors (Lipinski definition) is 1. The second-order valence-electron chi connectivity index (χ2n) is 4.37. The van der Waals surface area contributed by atoms with Gasteiger partial charge in [-0.1, -0.05) is 35.9 Å². The molecular formula is C14H18N2O2S. The molecule has 1 aromatic carbocycles. The van der Waals surface area contributed by atoms with E-state index in [0.29, 0.717) is 11.1 Å². The molecule has 19 heavy (non-hydrogen) atoms. The van der Waals surface area contributed by atoms with E-state index in [-0.39, 0.29) is 6.61 Å². The van der Waals surface area contributed by atoms with E-state index in [2.05, 4.69) is 10.2 Å². The van der Waals surface area contributed by atoms with Crippen molar-refractivity contribution in [1.82, 2.24) is 10.2 Å². The summed E-state index contributed by atoms with van der Waals surface area (Å²) in [5, 5.41) is 17.4. The van der Waals surface area contributed by atoms with Crippen LogP contribution in [0.4, 0.5) is 0 Å². The Kier molecular flexibility index (Phi) is 5.42. The highest BCUT2D eigenvalue weighted by molar-refractivity contribution is 7.99. The molecule has 0 amide bonds. The van der Waals surface area contributed by atoms with Crippen molar-refractivity contribution in [2.75, 3.05) is 12.4 Å². The van der Waals surface area contributed by atoms with Gasteiger partial charge in [-0.25, -0.2) is 0 Å². The van der Waals surface area contributed by atoms with Crippen LogP contribution in [-0.4, -0.2) is 27.7 Å². The zero-order chi connectivity index (χ0) is 13.5. The van der Waals surface area contributed by atoms with E-state index in [0.717, 1.165) is 30.6 Å². The summed E-state index contributed by atoms with van der Waals surface area (Å²) in [4.78, 5) is 0. The Hall–Kier alpha value is -1.33. The Morgan fingerprint density at radius 1 is 1.11 bits per heavy atom. The van der Waals surface area contributed by atoms with E-state index >= 15 is 0 Å². The lowest BCUT2D eigenvalue weighted by atomic mass is 10.1. The average Bonchev–Trinajstić information content (AvgIpc) is 2.88. The lowest BCUT2D eigenvalue weighted by molar-refractivity contribution is 0.284. The number of unbranched alkanes of at least 4 members (excludes halogenated alkanes) is 2. The highest BCUT2D eigenvalue weighted by Gasteiger charge is 2.08. The molecule has 0 atom stereocenters. The van der Waals surface area contributed by atoms with Gasteiger partial charge in [0.2, 0.25) is 5.89 Å². The summed E-state index contributed by atoms with van der Waals surface area (Å²) in [5.41, 5.74) is 2.16. The smallest absolute Gasteiger partial charge is 0.276 e. The average molecular weight is 278 g/mol. The van der Waals surface area contributed by atoms with Gasteiger partial charge in [-0.15, -0.1) is 10.2 Å². The summed E-state index contributed by atoms with van der Waals surface area (Å²) in [6, 6.07) is 8.03. The summed E-state index contributed by atoms with van der Waals surface area (Å²) in [6.07, 6.45) is 2.94. The number of aryl methyl sites for hydroxylation is 1. The molecule has 0 radical (unpaired) electrons. The number of hydrogen-bond acceptors (Lipinski definition) is 5. The fourth-order valence-corrected chi connectivity index (χ4v) is 2.39. The zero-order valence-corrected chi connectivity index (χ0v) is 11.8. The summed E-state index contributed by atoms with van der Waals surface area (Å²) in [7, 11) is 0. The van der Waals surface area contributed by atoms with Gasteiger partial charge in [-0.2, -0.15) is 0 Å². The van der Waals surface area contributed by atoms with Crippen molar-refractivity contribution in [3.05, 3.63) is 29.8 Å². The predicted octanol–water partition coefficient (Wildman–Crippen LogP) is 3.30. The minimum atomic E-state index is 0.267. The van der Waals surface area contributed by atoms with E-state index in [4.69, 9.17) is 9.52 Å². The molecule has 0 unspecified atom stereocenters. The topological polar surface area (TPSA) is 59.2 Å². The Morgan fingerprint density at radius 3 is 2.63 bits per heavy atom. The summed E-state index contributed by atoms with van der Waals surface area (Å²) < 4.78 is 5.61. The molecule has 0 bridgehead atoms. The zero-order valence-electron chi connectivity index (χ0n) is 11.0. The molecule has 0 spiro atoms. The van der Waals surface area contributed by atoms with Crippen LogP contribution in [0, 0.1) is 6.92 Å². The van der Waals surface area contributed by atoms with Gasteiger partial charge >= 0.3 is 0 Å². The van der Waals surface area contributed by atoms with Crippen LogP contribution in [0.25, 0.3) is 11.5 Å². The van der Waals surface area contributed by atoms with Gasteiger partial charge in [0, 0.05) is 17.9 Å². The standard InChI is InChI=1S/C14H18N2O2S/c1-11-5-7-12(8-6-11)13-15-16-14(18-13)19-10-4-2-3-9-17/h5-8,17H,2-4,9-10H2,1H3. The lowest BCUT2D eigenvalue weighted by Gasteiger charge is -1.97. The van der Waals surface area contributed by atoms with Crippen LogP contribution in [0.1, 0.15) is 24.8 Å². The van der Waals surface area contributed by atoms with Crippen molar-refractivity contribution < 1.29 is 9.52 Å². The molecule has 4 nitrogen and oxygen atoms in total. The Bertz CT molecular complexity index is 496. The number of benzene rings is 1. The number of aromatic nitrogens is 2. The highest BCUT2D eigenvalue weighted by Crippen LogP contribution is 2.24. The number of rotatable bonds is 7. The van der Waals surface area contributed by atoms with Crippen molar-refractivity contribution >= 4 is 11.8 Å². The van der Waals surface area contributed by atoms with Crippen molar-refractivity contribution in [2.45, 2.75) is 31.4 Å². The molecule has 0 aliphatic carbocycles. The Labute approximate surface area is 117 Å². The molecule has 0 saturated heterocycles. The van der Waals surface area contributed by atoms with E-state index in [9.17, 15) is 0 Å². The lowest BCUT2D eigenvalue weighted by Crippen LogP contribution is -1.85.